The van der Waals surface area contributed by atoms with Crippen molar-refractivity contribution in [2.24, 2.45) is 0 Å². The van der Waals surface area contributed by atoms with Crippen LogP contribution in [0.15, 0.2) is 17.0 Å². The summed E-state index contributed by atoms with van der Waals surface area (Å²) in [4.78, 5) is 10.4. The first-order chi connectivity index (χ1) is 9.92. The SMILES string of the molecule is CCCC(C)S(=O)(=O)c1cc(C)c(C(=O)Cl)cc1C(F)(F)F. The van der Waals surface area contributed by atoms with Crippen molar-refractivity contribution in [3.63, 3.8) is 0 Å². The maximum atomic E-state index is 13.2. The molecule has 0 fully saturated rings. The van der Waals surface area contributed by atoms with Crippen molar-refractivity contribution in [2.45, 2.75) is 49.9 Å². The van der Waals surface area contributed by atoms with Crippen molar-refractivity contribution in [1.82, 2.24) is 0 Å². The highest BCUT2D eigenvalue weighted by Crippen LogP contribution is 2.38. The van der Waals surface area contributed by atoms with Gasteiger partial charge in [-0.25, -0.2) is 8.42 Å². The molecule has 0 aliphatic carbocycles. The molecule has 3 nitrogen and oxygen atoms in total. The van der Waals surface area contributed by atoms with E-state index < -0.39 is 37.0 Å². The molecular weight excluding hydrogens is 341 g/mol. The molecule has 1 rings (SSSR count). The van der Waals surface area contributed by atoms with Crippen molar-refractivity contribution < 1.29 is 26.4 Å². The van der Waals surface area contributed by atoms with Crippen LogP contribution in [0, 0.1) is 6.92 Å². The molecule has 0 heterocycles. The summed E-state index contributed by atoms with van der Waals surface area (Å²) in [6.07, 6.45) is -4.13. The van der Waals surface area contributed by atoms with Gasteiger partial charge >= 0.3 is 6.18 Å². The number of sulfone groups is 1. The molecular formula is C14H16ClF3O3S. The molecule has 22 heavy (non-hydrogen) atoms. The largest absolute Gasteiger partial charge is 0.417 e. The van der Waals surface area contributed by atoms with Gasteiger partial charge in [-0.3, -0.25) is 4.79 Å². The Morgan fingerprint density at radius 1 is 1.32 bits per heavy atom. The van der Waals surface area contributed by atoms with E-state index in [2.05, 4.69) is 0 Å². The minimum absolute atomic E-state index is 0.0928. The Kier molecular flexibility index (Phi) is 5.67. The molecule has 0 aliphatic rings. The number of aryl methyl sites for hydroxylation is 1. The Bertz CT molecular complexity index is 681. The number of hydrogen-bond donors (Lipinski definition) is 0. The lowest BCUT2D eigenvalue weighted by Crippen LogP contribution is -2.22. The van der Waals surface area contributed by atoms with Crippen LogP contribution >= 0.6 is 11.6 Å². The van der Waals surface area contributed by atoms with E-state index in [0.29, 0.717) is 12.5 Å². The summed E-state index contributed by atoms with van der Waals surface area (Å²) in [5.74, 6) is 0. The third-order valence-electron chi connectivity index (χ3n) is 3.38. The van der Waals surface area contributed by atoms with Crippen LogP contribution in [0.25, 0.3) is 0 Å². The number of benzene rings is 1. The number of carbonyl (C=O) groups is 1. The first-order valence-corrected chi connectivity index (χ1v) is 8.50. The zero-order valence-electron chi connectivity index (χ0n) is 12.3. The van der Waals surface area contributed by atoms with Gasteiger partial charge in [0.15, 0.2) is 9.84 Å². The topological polar surface area (TPSA) is 51.2 Å². The van der Waals surface area contributed by atoms with Crippen LogP contribution in [-0.4, -0.2) is 18.9 Å². The molecule has 1 aromatic rings. The molecule has 0 aromatic heterocycles. The van der Waals surface area contributed by atoms with Crippen molar-refractivity contribution in [1.29, 1.82) is 0 Å². The maximum absolute atomic E-state index is 13.2. The number of halogens is 4. The third kappa shape index (κ3) is 3.81. The van der Waals surface area contributed by atoms with Crippen LogP contribution in [0.3, 0.4) is 0 Å². The second kappa shape index (κ2) is 6.58. The van der Waals surface area contributed by atoms with Crippen molar-refractivity contribution in [3.8, 4) is 0 Å². The Balaban J connectivity index is 3.67. The van der Waals surface area contributed by atoms with Crippen LogP contribution in [-0.2, 0) is 16.0 Å². The highest BCUT2D eigenvalue weighted by molar-refractivity contribution is 7.92. The van der Waals surface area contributed by atoms with E-state index >= 15 is 0 Å². The second-order valence-electron chi connectivity index (χ2n) is 5.08. The van der Waals surface area contributed by atoms with Gasteiger partial charge in [0.25, 0.3) is 5.24 Å². The number of carbonyl (C=O) groups excluding carboxylic acids is 1. The highest BCUT2D eigenvalue weighted by atomic mass is 35.5. The zero-order valence-corrected chi connectivity index (χ0v) is 13.9. The molecule has 0 amide bonds. The quantitative estimate of drug-likeness (QED) is 0.737. The van der Waals surface area contributed by atoms with Gasteiger partial charge < -0.3 is 0 Å². The zero-order chi connectivity index (χ0) is 17.3. The van der Waals surface area contributed by atoms with E-state index in [0.717, 1.165) is 6.07 Å². The van der Waals surface area contributed by atoms with Crippen molar-refractivity contribution >= 4 is 26.7 Å². The predicted octanol–water partition coefficient (Wildman–Crippen LogP) is 4.36. The Hall–Kier alpha value is -1.08. The van der Waals surface area contributed by atoms with E-state index in [4.69, 9.17) is 11.6 Å². The fourth-order valence-electron chi connectivity index (χ4n) is 2.13. The predicted molar refractivity (Wildman–Crippen MR) is 77.9 cm³/mol. The Morgan fingerprint density at radius 3 is 2.27 bits per heavy atom. The van der Waals surface area contributed by atoms with Gasteiger partial charge in [-0.05, 0) is 49.6 Å². The molecule has 0 aliphatic heterocycles. The van der Waals surface area contributed by atoms with Gasteiger partial charge in [-0.1, -0.05) is 13.3 Å². The molecule has 124 valence electrons. The molecule has 0 saturated carbocycles. The summed E-state index contributed by atoms with van der Waals surface area (Å²) in [6.45, 7) is 4.46. The molecule has 0 saturated heterocycles. The Labute approximate surface area is 132 Å². The molecule has 1 atom stereocenters. The van der Waals surface area contributed by atoms with E-state index in [9.17, 15) is 26.4 Å². The highest BCUT2D eigenvalue weighted by Gasteiger charge is 2.39. The summed E-state index contributed by atoms with van der Waals surface area (Å²) in [7, 11) is -4.15. The summed E-state index contributed by atoms with van der Waals surface area (Å²) in [5.41, 5.74) is -1.61. The van der Waals surface area contributed by atoms with Gasteiger partial charge in [-0.2, -0.15) is 13.2 Å². The van der Waals surface area contributed by atoms with Gasteiger partial charge in [-0.15, -0.1) is 0 Å². The minimum atomic E-state index is -4.90. The average molecular weight is 357 g/mol. The van der Waals surface area contributed by atoms with Gasteiger partial charge in [0, 0.05) is 5.56 Å². The average Bonchev–Trinajstić information content (AvgIpc) is 2.36. The third-order valence-corrected chi connectivity index (χ3v) is 5.82. The molecule has 0 spiro atoms. The standard InChI is InChI=1S/C14H16ClF3O3S/c1-4-5-9(3)22(20,21)12-6-8(2)10(13(15)19)7-11(12)14(16,17)18/h6-7,9H,4-5H2,1-3H3. The Morgan fingerprint density at radius 2 is 1.86 bits per heavy atom. The summed E-state index contributed by atoms with van der Waals surface area (Å²) < 4.78 is 64.4. The molecule has 1 aromatic carbocycles. The normalized spacial score (nSPS) is 14.0. The fraction of sp³-hybridized carbons (Fsp3) is 0.500. The van der Waals surface area contributed by atoms with Crippen LogP contribution in [0.1, 0.15) is 48.2 Å². The van der Waals surface area contributed by atoms with Crippen LogP contribution in [0.4, 0.5) is 13.2 Å². The van der Waals surface area contributed by atoms with Gasteiger partial charge in [0.2, 0.25) is 0 Å². The summed E-state index contributed by atoms with van der Waals surface area (Å²) in [5, 5.41) is -2.01. The minimum Gasteiger partial charge on any atom is -0.276 e. The maximum Gasteiger partial charge on any atom is 0.417 e. The molecule has 8 heteroatoms. The smallest absolute Gasteiger partial charge is 0.276 e. The molecule has 1 unspecified atom stereocenters. The lowest BCUT2D eigenvalue weighted by molar-refractivity contribution is -0.139. The van der Waals surface area contributed by atoms with E-state index in [-0.39, 0.29) is 17.5 Å². The lowest BCUT2D eigenvalue weighted by Gasteiger charge is -2.19. The summed E-state index contributed by atoms with van der Waals surface area (Å²) >= 11 is 5.25. The summed E-state index contributed by atoms with van der Waals surface area (Å²) in [6, 6.07) is 1.39. The van der Waals surface area contributed by atoms with Crippen LogP contribution < -0.4 is 0 Å². The van der Waals surface area contributed by atoms with Crippen LogP contribution in [0.5, 0.6) is 0 Å². The number of alkyl halides is 3. The molecule has 0 N–H and O–H groups in total. The fourth-order valence-corrected chi connectivity index (χ4v) is 4.13. The van der Waals surface area contributed by atoms with Crippen molar-refractivity contribution in [2.75, 3.05) is 0 Å². The molecule has 0 bridgehead atoms. The first kappa shape index (κ1) is 19.0. The van der Waals surface area contributed by atoms with E-state index in [1.807, 2.05) is 0 Å². The number of hydrogen-bond acceptors (Lipinski definition) is 3. The molecule has 0 radical (unpaired) electrons. The lowest BCUT2D eigenvalue weighted by atomic mass is 10.1. The van der Waals surface area contributed by atoms with Gasteiger partial charge in [0.05, 0.1) is 15.7 Å². The monoisotopic (exact) mass is 356 g/mol. The second-order valence-corrected chi connectivity index (χ2v) is 7.76. The van der Waals surface area contributed by atoms with E-state index in [1.165, 1.54) is 13.8 Å². The van der Waals surface area contributed by atoms with Crippen molar-refractivity contribution in [3.05, 3.63) is 28.8 Å². The van der Waals surface area contributed by atoms with Gasteiger partial charge in [0.1, 0.15) is 0 Å². The number of rotatable bonds is 5. The van der Waals surface area contributed by atoms with Crippen LogP contribution in [0.2, 0.25) is 0 Å². The first-order valence-electron chi connectivity index (χ1n) is 6.58. The van der Waals surface area contributed by atoms with E-state index in [1.54, 1.807) is 6.92 Å².